The van der Waals surface area contributed by atoms with Crippen molar-refractivity contribution in [3.63, 3.8) is 0 Å². The number of rotatable bonds is 10. The summed E-state index contributed by atoms with van der Waals surface area (Å²) in [5, 5.41) is 0.629. The number of benzene rings is 1. The maximum absolute atomic E-state index is 12.3. The first-order valence-corrected chi connectivity index (χ1v) is 9.39. The average Bonchev–Trinajstić information content (AvgIpc) is 2.57. The highest BCUT2D eigenvalue weighted by Gasteiger charge is 2.40. The van der Waals surface area contributed by atoms with Crippen molar-refractivity contribution in [1.82, 2.24) is 0 Å². The van der Waals surface area contributed by atoms with E-state index in [4.69, 9.17) is 32.7 Å². The molecular weight excluding hydrogens is 363 g/mol. The van der Waals surface area contributed by atoms with E-state index in [1.165, 1.54) is 45.2 Å². The minimum atomic E-state index is -1.42. The summed E-state index contributed by atoms with van der Waals surface area (Å²) in [5.41, 5.74) is -1.42. The van der Waals surface area contributed by atoms with Crippen LogP contribution in [0.25, 0.3) is 0 Å². The normalized spacial score (nSPS) is 11.2. The van der Waals surface area contributed by atoms with Crippen molar-refractivity contribution in [1.29, 1.82) is 0 Å². The number of esters is 2. The molecule has 0 N–H and O–H groups in total. The number of carbonyl (C=O) groups excluding carboxylic acids is 2. The van der Waals surface area contributed by atoms with E-state index in [1.807, 2.05) is 0 Å². The molecule has 4 nitrogen and oxygen atoms in total. The van der Waals surface area contributed by atoms with Crippen LogP contribution in [0.4, 0.5) is 0 Å². The van der Waals surface area contributed by atoms with Gasteiger partial charge < -0.3 is 9.47 Å². The lowest BCUT2D eigenvalue weighted by atomic mass is 9.94. The molecule has 6 heteroatoms. The van der Waals surface area contributed by atoms with Crippen LogP contribution in [0.2, 0.25) is 10.0 Å². The molecule has 0 saturated carbocycles. The largest absolute Gasteiger partial charge is 0.465 e. The predicted molar refractivity (Wildman–Crippen MR) is 100 cm³/mol. The van der Waals surface area contributed by atoms with Gasteiger partial charge in [-0.05, 0) is 32.4 Å². The molecule has 0 unspecified atom stereocenters. The quantitative estimate of drug-likeness (QED) is 0.219. The number of carbonyl (C=O) groups is 2. The smallest absolute Gasteiger partial charge is 0.328 e. The molecule has 0 radical (unpaired) electrons. The van der Waals surface area contributed by atoms with Crippen LogP contribution < -0.4 is 4.74 Å². The maximum Gasteiger partial charge on any atom is 0.328 e. The second-order valence-corrected chi connectivity index (χ2v) is 7.34. The van der Waals surface area contributed by atoms with Gasteiger partial charge in [-0.2, -0.15) is 0 Å². The summed E-state index contributed by atoms with van der Waals surface area (Å²) in [5.74, 6) is -1.22. The Morgan fingerprint density at radius 2 is 1.64 bits per heavy atom. The molecule has 1 rings (SSSR count). The summed E-state index contributed by atoms with van der Waals surface area (Å²) < 4.78 is 10.5. The molecule has 1 aromatic rings. The SMILES string of the molecule is CCCCCCCCOC(=O)C(C)(C)C(=O)Oc1cc(Cl)ccc1Cl. The summed E-state index contributed by atoms with van der Waals surface area (Å²) in [7, 11) is 0. The first-order chi connectivity index (χ1) is 11.8. The summed E-state index contributed by atoms with van der Waals surface area (Å²) in [6.07, 6.45) is 6.55. The van der Waals surface area contributed by atoms with Gasteiger partial charge in [0.25, 0.3) is 0 Å². The van der Waals surface area contributed by atoms with Gasteiger partial charge >= 0.3 is 11.9 Å². The summed E-state index contributed by atoms with van der Waals surface area (Å²) in [4.78, 5) is 24.5. The van der Waals surface area contributed by atoms with Crippen molar-refractivity contribution in [3.05, 3.63) is 28.2 Å². The van der Waals surface area contributed by atoms with Gasteiger partial charge in [-0.1, -0.05) is 62.2 Å². The minimum Gasteiger partial charge on any atom is -0.465 e. The van der Waals surface area contributed by atoms with Crippen LogP contribution in [0.1, 0.15) is 59.3 Å². The summed E-state index contributed by atoms with van der Waals surface area (Å²) >= 11 is 11.8. The molecular formula is C19H26Cl2O4. The molecule has 0 heterocycles. The molecule has 25 heavy (non-hydrogen) atoms. The van der Waals surface area contributed by atoms with E-state index in [1.54, 1.807) is 6.07 Å². The fraction of sp³-hybridized carbons (Fsp3) is 0.579. The molecule has 0 saturated heterocycles. The fourth-order valence-electron chi connectivity index (χ4n) is 2.09. The van der Waals surface area contributed by atoms with Crippen molar-refractivity contribution >= 4 is 35.1 Å². The zero-order chi connectivity index (χ0) is 18.9. The van der Waals surface area contributed by atoms with Gasteiger partial charge in [0.15, 0.2) is 11.2 Å². The Labute approximate surface area is 159 Å². The standard InChI is InChI=1S/C19H26Cl2O4/c1-4-5-6-7-8-9-12-24-17(22)19(2,3)18(23)25-16-13-14(20)10-11-15(16)21/h10-11,13H,4-9,12H2,1-3H3. The first-order valence-electron chi connectivity index (χ1n) is 8.63. The van der Waals surface area contributed by atoms with E-state index in [0.717, 1.165) is 19.3 Å². The molecule has 0 bridgehead atoms. The Bertz CT molecular complexity index is 585. The van der Waals surface area contributed by atoms with Gasteiger partial charge in [0, 0.05) is 11.1 Å². The van der Waals surface area contributed by atoms with E-state index in [-0.39, 0.29) is 10.8 Å². The Kier molecular flexibility index (Phi) is 9.30. The maximum atomic E-state index is 12.3. The Balaban J connectivity index is 2.47. The molecule has 0 atom stereocenters. The highest BCUT2D eigenvalue weighted by atomic mass is 35.5. The van der Waals surface area contributed by atoms with Crippen LogP contribution in [0.3, 0.4) is 0 Å². The lowest BCUT2D eigenvalue weighted by molar-refractivity contribution is -0.164. The second-order valence-electron chi connectivity index (χ2n) is 6.49. The third kappa shape index (κ3) is 7.25. The van der Waals surface area contributed by atoms with E-state index < -0.39 is 17.4 Å². The minimum absolute atomic E-state index is 0.121. The molecule has 0 amide bonds. The number of unbranched alkanes of at least 4 members (excludes halogenated alkanes) is 5. The third-order valence-corrected chi connectivity index (χ3v) is 4.39. The van der Waals surface area contributed by atoms with Crippen LogP contribution in [-0.2, 0) is 14.3 Å². The van der Waals surface area contributed by atoms with E-state index in [2.05, 4.69) is 6.92 Å². The highest BCUT2D eigenvalue weighted by molar-refractivity contribution is 6.34. The number of hydrogen-bond donors (Lipinski definition) is 0. The molecule has 0 aromatic heterocycles. The van der Waals surface area contributed by atoms with Crippen molar-refractivity contribution < 1.29 is 19.1 Å². The van der Waals surface area contributed by atoms with Crippen LogP contribution in [0.15, 0.2) is 18.2 Å². The topological polar surface area (TPSA) is 52.6 Å². The molecule has 140 valence electrons. The van der Waals surface area contributed by atoms with Gasteiger partial charge in [0.1, 0.15) is 0 Å². The second kappa shape index (κ2) is 10.7. The zero-order valence-corrected chi connectivity index (χ0v) is 16.6. The van der Waals surface area contributed by atoms with E-state index in [9.17, 15) is 9.59 Å². The molecule has 0 aliphatic rings. The third-order valence-electron chi connectivity index (χ3n) is 3.85. The highest BCUT2D eigenvalue weighted by Crippen LogP contribution is 2.30. The van der Waals surface area contributed by atoms with Crippen LogP contribution in [0, 0.1) is 5.41 Å². The number of halogens is 2. The van der Waals surface area contributed by atoms with Gasteiger partial charge in [-0.3, -0.25) is 9.59 Å². The first kappa shape index (κ1) is 21.8. The van der Waals surface area contributed by atoms with Crippen LogP contribution >= 0.6 is 23.2 Å². The summed E-state index contributed by atoms with van der Waals surface area (Å²) in [6, 6.07) is 4.54. The fourth-order valence-corrected chi connectivity index (χ4v) is 2.41. The van der Waals surface area contributed by atoms with Crippen LogP contribution in [-0.4, -0.2) is 18.5 Å². The monoisotopic (exact) mass is 388 g/mol. The average molecular weight is 389 g/mol. The zero-order valence-electron chi connectivity index (χ0n) is 15.1. The van der Waals surface area contributed by atoms with Crippen molar-refractivity contribution in [2.24, 2.45) is 5.41 Å². The number of hydrogen-bond acceptors (Lipinski definition) is 4. The van der Waals surface area contributed by atoms with Crippen molar-refractivity contribution in [3.8, 4) is 5.75 Å². The van der Waals surface area contributed by atoms with Gasteiger partial charge in [-0.15, -0.1) is 0 Å². The Morgan fingerprint density at radius 1 is 1.00 bits per heavy atom. The van der Waals surface area contributed by atoms with E-state index >= 15 is 0 Å². The van der Waals surface area contributed by atoms with Gasteiger partial charge in [0.2, 0.25) is 0 Å². The lowest BCUT2D eigenvalue weighted by Gasteiger charge is -2.21. The molecule has 0 aliphatic heterocycles. The van der Waals surface area contributed by atoms with Crippen molar-refractivity contribution in [2.45, 2.75) is 59.3 Å². The number of ether oxygens (including phenoxy) is 2. The van der Waals surface area contributed by atoms with Gasteiger partial charge in [-0.25, -0.2) is 0 Å². The predicted octanol–water partition coefficient (Wildman–Crippen LogP) is 5.83. The van der Waals surface area contributed by atoms with Crippen LogP contribution in [0.5, 0.6) is 5.75 Å². The van der Waals surface area contributed by atoms with Crippen molar-refractivity contribution in [2.75, 3.05) is 6.61 Å². The molecule has 0 fully saturated rings. The Morgan fingerprint density at radius 3 is 2.32 bits per heavy atom. The van der Waals surface area contributed by atoms with E-state index in [0.29, 0.717) is 11.6 Å². The lowest BCUT2D eigenvalue weighted by Crippen LogP contribution is -2.38. The molecule has 1 aromatic carbocycles. The summed E-state index contributed by atoms with van der Waals surface area (Å²) in [6.45, 7) is 5.41. The molecule has 0 spiro atoms. The van der Waals surface area contributed by atoms with Gasteiger partial charge in [0.05, 0.1) is 11.6 Å². The Hall–Kier alpha value is -1.26. The molecule has 0 aliphatic carbocycles.